The van der Waals surface area contributed by atoms with Gasteiger partial charge in [-0.25, -0.2) is 5.06 Å². The van der Waals surface area contributed by atoms with E-state index in [9.17, 15) is 4.79 Å². The summed E-state index contributed by atoms with van der Waals surface area (Å²) in [5.74, 6) is -0.0673. The Hall–Kier alpha value is -0.610. The number of nitrogens with two attached hydrogens (primary N) is 1. The maximum absolute atomic E-state index is 11.4. The first-order chi connectivity index (χ1) is 6.25. The summed E-state index contributed by atoms with van der Waals surface area (Å²) in [5.41, 5.74) is 5.60. The van der Waals surface area contributed by atoms with Gasteiger partial charge >= 0.3 is 0 Å². The van der Waals surface area contributed by atoms with Crippen LogP contribution in [0.1, 0.15) is 32.6 Å². The second kappa shape index (κ2) is 5.19. The van der Waals surface area contributed by atoms with Crippen LogP contribution in [0.5, 0.6) is 0 Å². The number of hydrogen-bond donors (Lipinski definition) is 1. The quantitative estimate of drug-likeness (QED) is 0.656. The fourth-order valence-electron chi connectivity index (χ4n) is 1.32. The second-order valence-electron chi connectivity index (χ2n) is 3.38. The van der Waals surface area contributed by atoms with Crippen molar-refractivity contribution < 1.29 is 9.63 Å². The number of amides is 1. The first-order valence-electron chi connectivity index (χ1n) is 4.95. The zero-order valence-corrected chi connectivity index (χ0v) is 8.16. The highest BCUT2D eigenvalue weighted by atomic mass is 16.7. The van der Waals surface area contributed by atoms with Gasteiger partial charge in [0.15, 0.2) is 0 Å². The molecule has 1 heterocycles. The smallest absolute Gasteiger partial charge is 0.263 e. The average Bonchev–Trinajstić information content (AvgIpc) is 2.13. The van der Waals surface area contributed by atoms with Crippen molar-refractivity contribution in [2.75, 3.05) is 13.2 Å². The highest BCUT2D eigenvalue weighted by Gasteiger charge is 2.26. The molecule has 2 N–H and O–H groups in total. The van der Waals surface area contributed by atoms with Crippen molar-refractivity contribution in [1.82, 2.24) is 5.06 Å². The lowest BCUT2D eigenvalue weighted by Gasteiger charge is -2.29. The Labute approximate surface area is 79.0 Å². The molecule has 0 aliphatic carbocycles. The summed E-state index contributed by atoms with van der Waals surface area (Å²) in [6, 6.07) is -0.352. The molecule has 4 heteroatoms. The van der Waals surface area contributed by atoms with E-state index in [-0.39, 0.29) is 11.9 Å². The normalized spacial score (nSPS) is 23.7. The Morgan fingerprint density at radius 1 is 1.69 bits per heavy atom. The van der Waals surface area contributed by atoms with Crippen LogP contribution in [-0.4, -0.2) is 30.2 Å². The summed E-state index contributed by atoms with van der Waals surface area (Å²) in [4.78, 5) is 16.7. The van der Waals surface area contributed by atoms with Gasteiger partial charge in [0.25, 0.3) is 5.91 Å². The summed E-state index contributed by atoms with van der Waals surface area (Å²) in [5, 5.41) is 1.42. The molecule has 1 fully saturated rings. The molecule has 13 heavy (non-hydrogen) atoms. The molecule has 1 aliphatic rings. The highest BCUT2D eigenvalue weighted by Crippen LogP contribution is 2.10. The number of rotatable bonds is 4. The number of hydrogen-bond acceptors (Lipinski definition) is 3. The third-order valence-electron chi connectivity index (χ3n) is 2.18. The monoisotopic (exact) mass is 186 g/mol. The van der Waals surface area contributed by atoms with Crippen LogP contribution in [0.2, 0.25) is 0 Å². The fraction of sp³-hybridized carbons (Fsp3) is 0.889. The van der Waals surface area contributed by atoms with E-state index in [1.807, 2.05) is 0 Å². The Morgan fingerprint density at radius 3 is 3.15 bits per heavy atom. The van der Waals surface area contributed by atoms with Gasteiger partial charge in [0.2, 0.25) is 0 Å². The fourth-order valence-corrected chi connectivity index (χ4v) is 1.32. The van der Waals surface area contributed by atoms with Crippen LogP contribution in [-0.2, 0) is 9.63 Å². The summed E-state index contributed by atoms with van der Waals surface area (Å²) >= 11 is 0. The number of carbonyl (C=O) groups is 1. The molecule has 1 atom stereocenters. The van der Waals surface area contributed by atoms with Gasteiger partial charge in [-0.1, -0.05) is 13.3 Å². The minimum Gasteiger partial charge on any atom is -0.320 e. The Bertz CT molecular complexity index is 173. The zero-order valence-electron chi connectivity index (χ0n) is 8.16. The predicted octanol–water partition coefficient (Wildman–Crippen LogP) is 0.668. The van der Waals surface area contributed by atoms with Crippen molar-refractivity contribution in [1.29, 1.82) is 0 Å². The van der Waals surface area contributed by atoms with E-state index in [4.69, 9.17) is 10.6 Å². The maximum Gasteiger partial charge on any atom is 0.263 e. The van der Waals surface area contributed by atoms with Crippen LogP contribution in [0.3, 0.4) is 0 Å². The Kier molecular flexibility index (Phi) is 4.18. The first-order valence-corrected chi connectivity index (χ1v) is 4.95. The van der Waals surface area contributed by atoms with Crippen molar-refractivity contribution >= 4 is 5.91 Å². The van der Waals surface area contributed by atoms with Gasteiger partial charge in [0.05, 0.1) is 12.6 Å². The first kappa shape index (κ1) is 10.5. The van der Waals surface area contributed by atoms with E-state index in [0.717, 1.165) is 25.7 Å². The minimum absolute atomic E-state index is 0.0673. The number of nitrogens with zero attached hydrogens (tertiary/aromatic N) is 1. The molecule has 4 nitrogen and oxygen atoms in total. The molecular weight excluding hydrogens is 168 g/mol. The molecule has 0 aromatic rings. The van der Waals surface area contributed by atoms with Gasteiger partial charge < -0.3 is 5.73 Å². The number of hydroxylamine groups is 2. The van der Waals surface area contributed by atoms with Crippen LogP contribution >= 0.6 is 0 Å². The number of piperidine rings is 1. The molecule has 1 amide bonds. The maximum atomic E-state index is 11.4. The third kappa shape index (κ3) is 2.97. The average molecular weight is 186 g/mol. The molecule has 0 radical (unpaired) electrons. The molecular formula is C9H18N2O2. The van der Waals surface area contributed by atoms with Gasteiger partial charge in [-0.3, -0.25) is 9.63 Å². The van der Waals surface area contributed by atoms with E-state index >= 15 is 0 Å². The third-order valence-corrected chi connectivity index (χ3v) is 2.18. The summed E-state index contributed by atoms with van der Waals surface area (Å²) in [6.45, 7) is 3.40. The van der Waals surface area contributed by atoms with Crippen molar-refractivity contribution in [3.05, 3.63) is 0 Å². The number of carbonyl (C=O) groups excluding carboxylic acids is 1. The Morgan fingerprint density at radius 2 is 2.46 bits per heavy atom. The Balaban J connectivity index is 2.27. The van der Waals surface area contributed by atoms with Crippen LogP contribution in [0.4, 0.5) is 0 Å². The van der Waals surface area contributed by atoms with Crippen molar-refractivity contribution in [3.63, 3.8) is 0 Å². The summed E-state index contributed by atoms with van der Waals surface area (Å²) in [6.07, 6.45) is 3.79. The molecule has 1 aliphatic heterocycles. The second-order valence-corrected chi connectivity index (χ2v) is 3.38. The topological polar surface area (TPSA) is 55.6 Å². The van der Waals surface area contributed by atoms with E-state index in [0.29, 0.717) is 13.2 Å². The van der Waals surface area contributed by atoms with Crippen LogP contribution in [0.25, 0.3) is 0 Å². The van der Waals surface area contributed by atoms with Gasteiger partial charge in [0, 0.05) is 6.54 Å². The molecule has 76 valence electrons. The lowest BCUT2D eigenvalue weighted by molar-refractivity contribution is -0.193. The molecule has 0 aromatic heterocycles. The predicted molar refractivity (Wildman–Crippen MR) is 49.8 cm³/mol. The largest absolute Gasteiger partial charge is 0.320 e. The van der Waals surface area contributed by atoms with Crippen LogP contribution in [0.15, 0.2) is 0 Å². The molecule has 1 rings (SSSR count). The lowest BCUT2D eigenvalue weighted by Crippen LogP contribution is -2.48. The molecule has 1 unspecified atom stereocenters. The highest BCUT2D eigenvalue weighted by molar-refractivity contribution is 5.81. The van der Waals surface area contributed by atoms with E-state index in [2.05, 4.69) is 6.92 Å². The standard InChI is InChI=1S/C9H18N2O2/c1-2-3-7-13-11-6-4-5-8(10)9(11)12/h8H,2-7,10H2,1H3. The van der Waals surface area contributed by atoms with Gasteiger partial charge in [-0.2, -0.15) is 0 Å². The molecule has 0 aromatic carbocycles. The van der Waals surface area contributed by atoms with Crippen molar-refractivity contribution in [3.8, 4) is 0 Å². The SMILES string of the molecule is CCCCON1CCCC(N)C1=O. The van der Waals surface area contributed by atoms with E-state index < -0.39 is 0 Å². The lowest BCUT2D eigenvalue weighted by atomic mass is 10.1. The van der Waals surface area contributed by atoms with E-state index in [1.165, 1.54) is 5.06 Å². The van der Waals surface area contributed by atoms with E-state index in [1.54, 1.807) is 0 Å². The molecule has 1 saturated heterocycles. The summed E-state index contributed by atoms with van der Waals surface area (Å²) in [7, 11) is 0. The molecule has 0 saturated carbocycles. The molecule has 0 spiro atoms. The van der Waals surface area contributed by atoms with Gasteiger partial charge in [0.1, 0.15) is 0 Å². The van der Waals surface area contributed by atoms with Crippen LogP contribution < -0.4 is 5.73 Å². The van der Waals surface area contributed by atoms with Crippen molar-refractivity contribution in [2.24, 2.45) is 5.73 Å². The van der Waals surface area contributed by atoms with Gasteiger partial charge in [-0.15, -0.1) is 0 Å². The minimum atomic E-state index is -0.352. The van der Waals surface area contributed by atoms with Gasteiger partial charge in [-0.05, 0) is 19.3 Å². The number of unbranched alkanes of at least 4 members (excludes halogenated alkanes) is 1. The van der Waals surface area contributed by atoms with Crippen molar-refractivity contribution in [2.45, 2.75) is 38.6 Å². The zero-order chi connectivity index (χ0) is 9.68. The van der Waals surface area contributed by atoms with Crippen LogP contribution in [0, 0.1) is 0 Å². The summed E-state index contributed by atoms with van der Waals surface area (Å²) < 4.78 is 0. The molecule has 0 bridgehead atoms.